The lowest BCUT2D eigenvalue weighted by Crippen LogP contribution is -2.43. The summed E-state index contributed by atoms with van der Waals surface area (Å²) in [5.41, 5.74) is -0.744. The highest BCUT2D eigenvalue weighted by Crippen LogP contribution is 2.37. The van der Waals surface area contributed by atoms with Gasteiger partial charge in [0, 0.05) is 6.04 Å². The molecular formula is C13H23N3O. The predicted octanol–water partition coefficient (Wildman–Crippen LogP) is 1.53. The molecule has 0 aromatic carbocycles. The quantitative estimate of drug-likeness (QED) is 0.789. The van der Waals surface area contributed by atoms with E-state index in [9.17, 15) is 10.1 Å². The summed E-state index contributed by atoms with van der Waals surface area (Å²) in [5.74, 6) is -0.0660. The third-order valence-corrected chi connectivity index (χ3v) is 3.49. The lowest BCUT2D eigenvalue weighted by molar-refractivity contribution is -0.128. The summed E-state index contributed by atoms with van der Waals surface area (Å²) >= 11 is 0. The molecule has 0 aromatic heterocycles. The van der Waals surface area contributed by atoms with Gasteiger partial charge in [-0.15, -0.1) is 0 Å². The molecule has 96 valence electrons. The maximum atomic E-state index is 12.1. The largest absolute Gasteiger partial charge is 0.352 e. The minimum Gasteiger partial charge on any atom is -0.352 e. The Morgan fingerprint density at radius 3 is 2.53 bits per heavy atom. The first kappa shape index (κ1) is 14.0. The van der Waals surface area contributed by atoms with Crippen molar-refractivity contribution in [2.24, 2.45) is 5.41 Å². The monoisotopic (exact) mass is 237 g/mol. The van der Waals surface area contributed by atoms with Gasteiger partial charge in [0.2, 0.25) is 5.91 Å². The van der Waals surface area contributed by atoms with E-state index in [2.05, 4.69) is 16.3 Å². The fourth-order valence-electron chi connectivity index (χ4n) is 2.25. The Bertz CT molecular complexity index is 300. The van der Waals surface area contributed by atoms with Crippen molar-refractivity contribution in [3.05, 3.63) is 0 Å². The summed E-state index contributed by atoms with van der Waals surface area (Å²) in [6, 6.07) is 2.36. The van der Waals surface area contributed by atoms with Crippen LogP contribution >= 0.6 is 0 Å². The molecule has 1 fully saturated rings. The highest BCUT2D eigenvalue weighted by molar-refractivity contribution is 5.85. The fraction of sp³-hybridized carbons (Fsp3) is 0.846. The van der Waals surface area contributed by atoms with Crippen LogP contribution in [-0.2, 0) is 4.79 Å². The van der Waals surface area contributed by atoms with Gasteiger partial charge in [-0.25, -0.2) is 0 Å². The van der Waals surface area contributed by atoms with Crippen molar-refractivity contribution in [3.8, 4) is 6.07 Å². The van der Waals surface area contributed by atoms with Crippen LogP contribution in [0.1, 0.15) is 39.0 Å². The van der Waals surface area contributed by atoms with Crippen LogP contribution < -0.4 is 5.32 Å². The number of nitriles is 1. The first-order valence-electron chi connectivity index (χ1n) is 6.37. The van der Waals surface area contributed by atoms with Gasteiger partial charge in [-0.2, -0.15) is 5.26 Å². The number of carbonyl (C=O) groups excluding carboxylic acids is 1. The van der Waals surface area contributed by atoms with E-state index in [0.717, 1.165) is 38.6 Å². The van der Waals surface area contributed by atoms with Crippen LogP contribution in [0.4, 0.5) is 0 Å². The molecule has 1 amide bonds. The molecule has 4 heteroatoms. The van der Waals surface area contributed by atoms with E-state index in [-0.39, 0.29) is 11.9 Å². The summed E-state index contributed by atoms with van der Waals surface area (Å²) in [6.07, 6.45) is 4.34. The molecule has 4 nitrogen and oxygen atoms in total. The molecule has 0 aromatic rings. The van der Waals surface area contributed by atoms with Gasteiger partial charge >= 0.3 is 0 Å². The van der Waals surface area contributed by atoms with Gasteiger partial charge in [0.05, 0.1) is 6.07 Å². The van der Waals surface area contributed by atoms with Gasteiger partial charge in [0.15, 0.2) is 0 Å². The molecule has 0 spiro atoms. The van der Waals surface area contributed by atoms with Gasteiger partial charge in [-0.3, -0.25) is 4.79 Å². The second-order valence-corrected chi connectivity index (χ2v) is 5.37. The van der Waals surface area contributed by atoms with Gasteiger partial charge in [0.1, 0.15) is 5.41 Å². The smallest absolute Gasteiger partial charge is 0.240 e. The Morgan fingerprint density at radius 2 is 2.06 bits per heavy atom. The van der Waals surface area contributed by atoms with Gasteiger partial charge < -0.3 is 10.2 Å². The van der Waals surface area contributed by atoms with Gasteiger partial charge in [-0.1, -0.05) is 12.8 Å². The molecule has 1 atom stereocenters. The van der Waals surface area contributed by atoms with Crippen LogP contribution in [0.15, 0.2) is 0 Å². The molecule has 1 unspecified atom stereocenters. The normalized spacial score (nSPS) is 19.9. The number of hydrogen-bond donors (Lipinski definition) is 1. The van der Waals surface area contributed by atoms with E-state index >= 15 is 0 Å². The van der Waals surface area contributed by atoms with Crippen molar-refractivity contribution in [1.29, 1.82) is 5.26 Å². The van der Waals surface area contributed by atoms with E-state index < -0.39 is 5.41 Å². The Balaban J connectivity index is 2.45. The number of nitrogens with zero attached hydrogens (tertiary/aromatic N) is 2. The van der Waals surface area contributed by atoms with Crippen molar-refractivity contribution in [2.45, 2.75) is 45.1 Å². The highest BCUT2D eigenvalue weighted by Gasteiger charge is 2.41. The second kappa shape index (κ2) is 6.02. The summed E-state index contributed by atoms with van der Waals surface area (Å²) in [5, 5.41) is 12.2. The SMILES string of the molecule is CC(CCN(C)C)NC(=O)C1(C#N)CCCC1. The van der Waals surface area contributed by atoms with Gasteiger partial charge in [-0.05, 0) is 46.8 Å². The zero-order valence-corrected chi connectivity index (χ0v) is 11.1. The van der Waals surface area contributed by atoms with Crippen molar-refractivity contribution in [3.63, 3.8) is 0 Å². The molecule has 0 heterocycles. The van der Waals surface area contributed by atoms with Crippen LogP contribution in [0.3, 0.4) is 0 Å². The van der Waals surface area contributed by atoms with Crippen molar-refractivity contribution >= 4 is 5.91 Å². The second-order valence-electron chi connectivity index (χ2n) is 5.37. The minimum atomic E-state index is -0.744. The Hall–Kier alpha value is -1.08. The number of nitrogens with one attached hydrogen (secondary N) is 1. The third kappa shape index (κ3) is 3.71. The number of amides is 1. The molecule has 1 N–H and O–H groups in total. The molecule has 0 radical (unpaired) electrons. The number of hydrogen-bond acceptors (Lipinski definition) is 3. The minimum absolute atomic E-state index is 0.0660. The Kier molecular flexibility index (Phi) is 4.95. The molecule has 0 aliphatic heterocycles. The third-order valence-electron chi connectivity index (χ3n) is 3.49. The first-order chi connectivity index (χ1) is 8.00. The molecule has 1 aliphatic carbocycles. The topological polar surface area (TPSA) is 56.1 Å². The maximum absolute atomic E-state index is 12.1. The molecule has 1 saturated carbocycles. The van der Waals surface area contributed by atoms with E-state index in [1.807, 2.05) is 21.0 Å². The first-order valence-corrected chi connectivity index (χ1v) is 6.37. The van der Waals surface area contributed by atoms with Crippen LogP contribution in [0.2, 0.25) is 0 Å². The van der Waals surface area contributed by atoms with Crippen LogP contribution in [-0.4, -0.2) is 37.5 Å². The van der Waals surface area contributed by atoms with Crippen molar-refractivity contribution in [1.82, 2.24) is 10.2 Å². The summed E-state index contributed by atoms with van der Waals surface area (Å²) in [6.45, 7) is 2.95. The van der Waals surface area contributed by atoms with E-state index in [1.165, 1.54) is 0 Å². The Morgan fingerprint density at radius 1 is 1.47 bits per heavy atom. The average Bonchev–Trinajstić information content (AvgIpc) is 2.76. The standard InChI is InChI=1S/C13H23N3O/c1-11(6-9-16(2)3)15-12(17)13(10-14)7-4-5-8-13/h11H,4-9H2,1-3H3,(H,15,17). The number of rotatable bonds is 5. The molecule has 1 rings (SSSR count). The maximum Gasteiger partial charge on any atom is 0.240 e. The average molecular weight is 237 g/mol. The molecular weight excluding hydrogens is 214 g/mol. The predicted molar refractivity (Wildman–Crippen MR) is 67.3 cm³/mol. The van der Waals surface area contributed by atoms with Crippen molar-refractivity contribution in [2.75, 3.05) is 20.6 Å². The lowest BCUT2D eigenvalue weighted by atomic mass is 9.86. The Labute approximate surface area is 104 Å². The van der Waals surface area contributed by atoms with E-state index in [1.54, 1.807) is 0 Å². The summed E-state index contributed by atoms with van der Waals surface area (Å²) in [7, 11) is 4.03. The molecule has 0 bridgehead atoms. The van der Waals surface area contributed by atoms with Crippen LogP contribution in [0.25, 0.3) is 0 Å². The van der Waals surface area contributed by atoms with Gasteiger partial charge in [0.25, 0.3) is 0 Å². The molecule has 0 saturated heterocycles. The van der Waals surface area contributed by atoms with Crippen LogP contribution in [0.5, 0.6) is 0 Å². The lowest BCUT2D eigenvalue weighted by Gasteiger charge is -2.23. The number of carbonyl (C=O) groups is 1. The summed E-state index contributed by atoms with van der Waals surface area (Å²) < 4.78 is 0. The zero-order chi connectivity index (χ0) is 12.9. The molecule has 17 heavy (non-hydrogen) atoms. The van der Waals surface area contributed by atoms with E-state index in [0.29, 0.717) is 0 Å². The van der Waals surface area contributed by atoms with Crippen molar-refractivity contribution < 1.29 is 4.79 Å². The molecule has 1 aliphatic rings. The van der Waals surface area contributed by atoms with E-state index in [4.69, 9.17) is 0 Å². The summed E-state index contributed by atoms with van der Waals surface area (Å²) in [4.78, 5) is 14.2. The zero-order valence-electron chi connectivity index (χ0n) is 11.1. The highest BCUT2D eigenvalue weighted by atomic mass is 16.2. The fourth-order valence-corrected chi connectivity index (χ4v) is 2.25. The van der Waals surface area contributed by atoms with Crippen LogP contribution in [0, 0.1) is 16.7 Å².